The van der Waals surface area contributed by atoms with Crippen LogP contribution in [0.1, 0.15) is 19.3 Å². The van der Waals surface area contributed by atoms with E-state index in [9.17, 15) is 4.79 Å². The van der Waals surface area contributed by atoms with Crippen molar-refractivity contribution in [2.24, 2.45) is 11.8 Å². The number of hydrogen-bond donors (Lipinski definition) is 1. The van der Waals surface area contributed by atoms with Gasteiger partial charge in [0, 0.05) is 7.11 Å². The highest BCUT2D eigenvalue weighted by Gasteiger charge is 2.43. The van der Waals surface area contributed by atoms with Crippen molar-refractivity contribution in [3.05, 3.63) is 0 Å². The zero-order valence-corrected chi connectivity index (χ0v) is 9.20. The Bertz CT molecular complexity index is 232. The van der Waals surface area contributed by atoms with Gasteiger partial charge in [-0.05, 0) is 31.2 Å². The van der Waals surface area contributed by atoms with Crippen LogP contribution in [-0.4, -0.2) is 38.9 Å². The fourth-order valence-electron chi connectivity index (χ4n) is 2.76. The molecule has 1 saturated heterocycles. The number of hydrogen-bond acceptors (Lipinski definition) is 4. The molecule has 0 aromatic rings. The number of fused-ring (bicyclic) bond motifs is 1. The highest BCUT2D eigenvalue weighted by atomic mass is 16.6. The fraction of sp³-hybridized carbons (Fsp3) is 0.909. The molecule has 0 amide bonds. The van der Waals surface area contributed by atoms with E-state index in [2.05, 4.69) is 5.32 Å². The molecule has 15 heavy (non-hydrogen) atoms. The highest BCUT2D eigenvalue weighted by Crippen LogP contribution is 2.37. The summed E-state index contributed by atoms with van der Waals surface area (Å²) >= 11 is 0. The van der Waals surface area contributed by atoms with Crippen LogP contribution in [0.25, 0.3) is 0 Å². The Morgan fingerprint density at radius 1 is 1.40 bits per heavy atom. The van der Waals surface area contributed by atoms with Crippen LogP contribution in [0.5, 0.6) is 0 Å². The van der Waals surface area contributed by atoms with Crippen LogP contribution in [0.15, 0.2) is 0 Å². The lowest BCUT2D eigenvalue weighted by atomic mass is 9.94. The molecule has 3 unspecified atom stereocenters. The Hall–Kier alpha value is -0.610. The van der Waals surface area contributed by atoms with E-state index in [1.165, 1.54) is 19.3 Å². The maximum absolute atomic E-state index is 11.7. The number of ether oxygens (including phenoxy) is 2. The van der Waals surface area contributed by atoms with Gasteiger partial charge in [0.2, 0.25) is 0 Å². The summed E-state index contributed by atoms with van der Waals surface area (Å²) < 4.78 is 9.99. The highest BCUT2D eigenvalue weighted by molar-refractivity contribution is 5.76. The summed E-state index contributed by atoms with van der Waals surface area (Å²) in [7, 11) is 1.61. The van der Waals surface area contributed by atoms with E-state index in [-0.39, 0.29) is 12.0 Å². The minimum absolute atomic E-state index is 0.0608. The SMILES string of the molecule is COCCOC(=O)C1NCC2CCCC21. The van der Waals surface area contributed by atoms with Gasteiger partial charge in [0.05, 0.1) is 6.61 Å². The Kier molecular flexibility index (Phi) is 3.59. The second kappa shape index (κ2) is 4.94. The Balaban J connectivity index is 1.80. The summed E-state index contributed by atoms with van der Waals surface area (Å²) in [6.45, 7) is 1.83. The number of methoxy groups -OCH3 is 1. The van der Waals surface area contributed by atoms with Crippen LogP contribution in [0, 0.1) is 11.8 Å². The third kappa shape index (κ3) is 2.32. The van der Waals surface area contributed by atoms with E-state index >= 15 is 0 Å². The lowest BCUT2D eigenvalue weighted by molar-refractivity contribution is -0.148. The van der Waals surface area contributed by atoms with Gasteiger partial charge in [-0.3, -0.25) is 4.79 Å². The van der Waals surface area contributed by atoms with Gasteiger partial charge in [-0.2, -0.15) is 0 Å². The van der Waals surface area contributed by atoms with Crippen LogP contribution in [0.4, 0.5) is 0 Å². The van der Waals surface area contributed by atoms with Crippen molar-refractivity contribution in [3.8, 4) is 0 Å². The molecule has 2 rings (SSSR count). The first-order valence-electron chi connectivity index (χ1n) is 5.72. The van der Waals surface area contributed by atoms with Crippen molar-refractivity contribution in [1.29, 1.82) is 0 Å². The summed E-state index contributed by atoms with van der Waals surface area (Å²) in [5, 5.41) is 3.27. The van der Waals surface area contributed by atoms with Gasteiger partial charge < -0.3 is 14.8 Å². The number of carbonyl (C=O) groups excluding carboxylic acids is 1. The Morgan fingerprint density at radius 2 is 2.27 bits per heavy atom. The number of esters is 1. The topological polar surface area (TPSA) is 47.6 Å². The van der Waals surface area contributed by atoms with Gasteiger partial charge in [-0.15, -0.1) is 0 Å². The van der Waals surface area contributed by atoms with Crippen LogP contribution in [0.3, 0.4) is 0 Å². The quantitative estimate of drug-likeness (QED) is 0.547. The van der Waals surface area contributed by atoms with Gasteiger partial charge in [-0.1, -0.05) is 6.42 Å². The number of carbonyl (C=O) groups is 1. The largest absolute Gasteiger partial charge is 0.462 e. The number of rotatable bonds is 4. The molecular weight excluding hydrogens is 194 g/mol. The second-order valence-corrected chi connectivity index (χ2v) is 4.40. The van der Waals surface area contributed by atoms with Gasteiger partial charge in [0.1, 0.15) is 12.6 Å². The molecule has 86 valence electrons. The minimum atomic E-state index is -0.0959. The van der Waals surface area contributed by atoms with E-state index in [0.29, 0.717) is 25.0 Å². The monoisotopic (exact) mass is 213 g/mol. The minimum Gasteiger partial charge on any atom is -0.462 e. The molecule has 1 aliphatic carbocycles. The summed E-state index contributed by atoms with van der Waals surface area (Å²) in [5.74, 6) is 1.12. The van der Waals surface area contributed by atoms with Crippen molar-refractivity contribution in [2.75, 3.05) is 26.9 Å². The van der Waals surface area contributed by atoms with E-state index in [4.69, 9.17) is 9.47 Å². The van der Waals surface area contributed by atoms with Gasteiger partial charge in [0.15, 0.2) is 0 Å². The Morgan fingerprint density at radius 3 is 3.07 bits per heavy atom. The first-order chi connectivity index (χ1) is 7.33. The van der Waals surface area contributed by atoms with E-state index in [0.717, 1.165) is 6.54 Å². The summed E-state index contributed by atoms with van der Waals surface area (Å²) in [6, 6.07) is -0.0608. The molecule has 2 fully saturated rings. The first kappa shape index (κ1) is 10.9. The van der Waals surface area contributed by atoms with Crippen molar-refractivity contribution < 1.29 is 14.3 Å². The maximum Gasteiger partial charge on any atom is 0.323 e. The molecule has 1 aliphatic heterocycles. The van der Waals surface area contributed by atoms with Gasteiger partial charge in [-0.25, -0.2) is 0 Å². The van der Waals surface area contributed by atoms with Crippen LogP contribution >= 0.6 is 0 Å². The molecule has 0 aromatic heterocycles. The predicted octanol–water partition coefficient (Wildman–Crippen LogP) is 0.564. The molecule has 0 radical (unpaired) electrons. The molecule has 1 heterocycles. The average molecular weight is 213 g/mol. The fourth-order valence-corrected chi connectivity index (χ4v) is 2.76. The normalized spacial score (nSPS) is 34.1. The van der Waals surface area contributed by atoms with Crippen LogP contribution in [0.2, 0.25) is 0 Å². The molecule has 0 bridgehead atoms. The molecule has 0 aromatic carbocycles. The van der Waals surface area contributed by atoms with Gasteiger partial charge in [0.25, 0.3) is 0 Å². The maximum atomic E-state index is 11.7. The molecule has 2 aliphatic rings. The zero-order valence-electron chi connectivity index (χ0n) is 9.20. The third-order valence-corrected chi connectivity index (χ3v) is 3.53. The molecule has 3 atom stereocenters. The van der Waals surface area contributed by atoms with Crippen molar-refractivity contribution in [3.63, 3.8) is 0 Å². The average Bonchev–Trinajstić information content (AvgIpc) is 2.78. The standard InChI is InChI=1S/C11H19NO3/c1-14-5-6-15-11(13)10-9-4-2-3-8(9)7-12-10/h8-10,12H,2-7H2,1H3. The van der Waals surface area contributed by atoms with Crippen molar-refractivity contribution >= 4 is 5.97 Å². The predicted molar refractivity (Wildman–Crippen MR) is 55.5 cm³/mol. The smallest absolute Gasteiger partial charge is 0.323 e. The van der Waals surface area contributed by atoms with Gasteiger partial charge >= 0.3 is 5.97 Å². The van der Waals surface area contributed by atoms with E-state index < -0.39 is 0 Å². The summed E-state index contributed by atoms with van der Waals surface area (Å²) in [5.41, 5.74) is 0. The van der Waals surface area contributed by atoms with Crippen molar-refractivity contribution in [2.45, 2.75) is 25.3 Å². The van der Waals surface area contributed by atoms with E-state index in [1.807, 2.05) is 0 Å². The first-order valence-corrected chi connectivity index (χ1v) is 5.72. The van der Waals surface area contributed by atoms with E-state index in [1.54, 1.807) is 7.11 Å². The lowest BCUT2D eigenvalue weighted by Crippen LogP contribution is -2.37. The van der Waals surface area contributed by atoms with Crippen LogP contribution in [-0.2, 0) is 14.3 Å². The molecule has 1 N–H and O–H groups in total. The van der Waals surface area contributed by atoms with Crippen LogP contribution < -0.4 is 5.32 Å². The molecule has 4 nitrogen and oxygen atoms in total. The second-order valence-electron chi connectivity index (χ2n) is 4.40. The third-order valence-electron chi connectivity index (χ3n) is 3.53. The molecular formula is C11H19NO3. The summed E-state index contributed by atoms with van der Waals surface area (Å²) in [4.78, 5) is 11.7. The zero-order chi connectivity index (χ0) is 10.7. The van der Waals surface area contributed by atoms with Crippen molar-refractivity contribution in [1.82, 2.24) is 5.32 Å². The Labute approximate surface area is 90.3 Å². The molecule has 0 spiro atoms. The number of nitrogens with one attached hydrogen (secondary N) is 1. The molecule has 1 saturated carbocycles. The summed E-state index contributed by atoms with van der Waals surface area (Å²) in [6.07, 6.45) is 3.69. The molecule has 4 heteroatoms. The lowest BCUT2D eigenvalue weighted by Gasteiger charge is -2.16.